The molecule has 0 atom stereocenters. The van der Waals surface area contributed by atoms with Crippen LogP contribution in [0.15, 0.2) is 18.2 Å². The molecule has 1 aliphatic rings. The topological polar surface area (TPSA) is 78.6 Å². The van der Waals surface area contributed by atoms with Crippen molar-refractivity contribution in [1.82, 2.24) is 4.90 Å². The summed E-state index contributed by atoms with van der Waals surface area (Å²) in [7, 11) is 0. The van der Waals surface area contributed by atoms with E-state index in [-0.39, 0.29) is 24.8 Å². The van der Waals surface area contributed by atoms with E-state index in [0.717, 1.165) is 18.9 Å². The van der Waals surface area contributed by atoms with E-state index in [1.807, 2.05) is 5.43 Å². The Bertz CT molecular complexity index is 530. The van der Waals surface area contributed by atoms with E-state index < -0.39 is 23.3 Å². The van der Waals surface area contributed by atoms with Crippen LogP contribution in [0.2, 0.25) is 0 Å². The molecule has 4 N–H and O–H groups in total. The fraction of sp³-hybridized carbons (Fsp3) is 0.462. The highest BCUT2D eigenvalue weighted by Gasteiger charge is 2.38. The van der Waals surface area contributed by atoms with Gasteiger partial charge >= 0.3 is 6.18 Å². The van der Waals surface area contributed by atoms with Crippen molar-refractivity contribution in [3.8, 4) is 0 Å². The van der Waals surface area contributed by atoms with E-state index in [0.29, 0.717) is 0 Å². The standard InChI is InChI=1S/C13H16F3N3O2/c14-13(15,16)10-3-1-2-9(11(10)18-17)12(21)19(6-7-20)8-4-5-8/h1-3,8,18,20H,4-7,17H2. The number of carbonyl (C=O) groups excluding carboxylic acids is 1. The molecule has 1 aliphatic carbocycles. The molecule has 1 fully saturated rings. The molecule has 8 heteroatoms. The minimum atomic E-state index is -4.61. The van der Waals surface area contributed by atoms with Crippen LogP contribution in [-0.2, 0) is 6.18 Å². The molecule has 116 valence electrons. The van der Waals surface area contributed by atoms with Gasteiger partial charge in [-0.2, -0.15) is 13.2 Å². The first kappa shape index (κ1) is 15.6. The number of hydrogen-bond donors (Lipinski definition) is 3. The van der Waals surface area contributed by atoms with Gasteiger partial charge in [-0.05, 0) is 25.0 Å². The number of anilines is 1. The van der Waals surface area contributed by atoms with Gasteiger partial charge in [0, 0.05) is 12.6 Å². The predicted octanol–water partition coefficient (Wildman–Crippen LogP) is 1.59. The van der Waals surface area contributed by atoms with Crippen LogP contribution < -0.4 is 11.3 Å². The van der Waals surface area contributed by atoms with Crippen molar-refractivity contribution in [2.75, 3.05) is 18.6 Å². The van der Waals surface area contributed by atoms with Crippen molar-refractivity contribution in [2.24, 2.45) is 5.84 Å². The van der Waals surface area contributed by atoms with Gasteiger partial charge < -0.3 is 15.4 Å². The van der Waals surface area contributed by atoms with Gasteiger partial charge in [0.2, 0.25) is 0 Å². The third kappa shape index (κ3) is 3.27. The maximum atomic E-state index is 12.9. The zero-order valence-corrected chi connectivity index (χ0v) is 11.2. The number of hydrazine groups is 1. The number of benzene rings is 1. The second-order valence-corrected chi connectivity index (χ2v) is 4.82. The Morgan fingerprint density at radius 2 is 2.10 bits per heavy atom. The van der Waals surface area contributed by atoms with Gasteiger partial charge in [-0.15, -0.1) is 0 Å². The summed E-state index contributed by atoms with van der Waals surface area (Å²) in [5, 5.41) is 9.01. The number of amides is 1. The number of carbonyl (C=O) groups is 1. The van der Waals surface area contributed by atoms with Crippen molar-refractivity contribution in [3.05, 3.63) is 29.3 Å². The third-order valence-corrected chi connectivity index (χ3v) is 3.33. The second kappa shape index (κ2) is 5.90. The quantitative estimate of drug-likeness (QED) is 0.570. The number of alkyl halides is 3. The summed E-state index contributed by atoms with van der Waals surface area (Å²) in [6, 6.07) is 3.30. The number of nitrogen functional groups attached to an aromatic ring is 1. The molecule has 1 aromatic rings. The smallest absolute Gasteiger partial charge is 0.395 e. The molecule has 0 bridgehead atoms. The summed E-state index contributed by atoms with van der Waals surface area (Å²) in [5.74, 6) is 4.62. The second-order valence-electron chi connectivity index (χ2n) is 4.82. The normalized spacial score (nSPS) is 14.9. The molecule has 21 heavy (non-hydrogen) atoms. The lowest BCUT2D eigenvalue weighted by Crippen LogP contribution is -2.36. The lowest BCUT2D eigenvalue weighted by atomic mass is 10.1. The van der Waals surface area contributed by atoms with Gasteiger partial charge in [-0.25, -0.2) is 0 Å². The molecule has 0 saturated heterocycles. The summed E-state index contributed by atoms with van der Waals surface area (Å²) < 4.78 is 38.8. The summed E-state index contributed by atoms with van der Waals surface area (Å²) in [6.45, 7) is -0.156. The number of nitrogens with zero attached hydrogens (tertiary/aromatic N) is 1. The van der Waals surface area contributed by atoms with Crippen molar-refractivity contribution >= 4 is 11.6 Å². The monoisotopic (exact) mass is 303 g/mol. The lowest BCUT2D eigenvalue weighted by Gasteiger charge is -2.24. The number of aliphatic hydroxyl groups is 1. The molecule has 1 saturated carbocycles. The zero-order chi connectivity index (χ0) is 15.6. The van der Waals surface area contributed by atoms with Gasteiger partial charge in [0.25, 0.3) is 5.91 Å². The highest BCUT2D eigenvalue weighted by molar-refractivity contribution is 6.00. The van der Waals surface area contributed by atoms with E-state index in [4.69, 9.17) is 10.9 Å². The molecule has 0 spiro atoms. The molecule has 5 nitrogen and oxygen atoms in total. The average Bonchev–Trinajstić information content (AvgIpc) is 3.26. The number of aliphatic hydroxyl groups excluding tert-OH is 1. The maximum absolute atomic E-state index is 12.9. The summed E-state index contributed by atoms with van der Waals surface area (Å²) >= 11 is 0. The van der Waals surface area contributed by atoms with Gasteiger partial charge in [0.15, 0.2) is 0 Å². The van der Waals surface area contributed by atoms with Crippen LogP contribution >= 0.6 is 0 Å². The van der Waals surface area contributed by atoms with Crippen molar-refractivity contribution < 1.29 is 23.1 Å². The van der Waals surface area contributed by atoms with Crippen LogP contribution in [0.25, 0.3) is 0 Å². The van der Waals surface area contributed by atoms with E-state index in [1.165, 1.54) is 17.0 Å². The fourth-order valence-corrected chi connectivity index (χ4v) is 2.22. The van der Waals surface area contributed by atoms with Crippen molar-refractivity contribution in [1.29, 1.82) is 0 Å². The Balaban J connectivity index is 2.40. The molecular formula is C13H16F3N3O2. The number of para-hydroxylation sites is 1. The highest BCUT2D eigenvalue weighted by atomic mass is 19.4. The van der Waals surface area contributed by atoms with Crippen LogP contribution in [0.3, 0.4) is 0 Å². The highest BCUT2D eigenvalue weighted by Crippen LogP contribution is 2.37. The number of halogens is 3. The summed E-state index contributed by atoms with van der Waals surface area (Å²) in [6.07, 6.45) is -3.04. The average molecular weight is 303 g/mol. The molecular weight excluding hydrogens is 287 g/mol. The predicted molar refractivity (Wildman–Crippen MR) is 70.4 cm³/mol. The maximum Gasteiger partial charge on any atom is 0.418 e. The molecule has 0 aliphatic heterocycles. The number of nitrogens with two attached hydrogens (primary N) is 1. The van der Waals surface area contributed by atoms with E-state index in [1.54, 1.807) is 0 Å². The van der Waals surface area contributed by atoms with Crippen LogP contribution in [0.4, 0.5) is 18.9 Å². The molecule has 0 unspecified atom stereocenters. The van der Waals surface area contributed by atoms with E-state index in [9.17, 15) is 18.0 Å². The van der Waals surface area contributed by atoms with E-state index >= 15 is 0 Å². The van der Waals surface area contributed by atoms with Gasteiger partial charge in [-0.3, -0.25) is 10.6 Å². The Morgan fingerprint density at radius 1 is 1.43 bits per heavy atom. The summed E-state index contributed by atoms with van der Waals surface area (Å²) in [4.78, 5) is 13.8. The lowest BCUT2D eigenvalue weighted by molar-refractivity contribution is -0.137. The fourth-order valence-electron chi connectivity index (χ4n) is 2.22. The molecule has 0 radical (unpaired) electrons. The Kier molecular flexibility index (Phi) is 4.38. The van der Waals surface area contributed by atoms with Crippen LogP contribution in [0, 0.1) is 0 Å². The van der Waals surface area contributed by atoms with Crippen molar-refractivity contribution in [3.63, 3.8) is 0 Å². The number of rotatable bonds is 5. The van der Waals surface area contributed by atoms with Crippen LogP contribution in [0.5, 0.6) is 0 Å². The largest absolute Gasteiger partial charge is 0.418 e. The molecule has 0 heterocycles. The minimum Gasteiger partial charge on any atom is -0.395 e. The molecule has 0 aromatic heterocycles. The first-order valence-corrected chi connectivity index (χ1v) is 6.48. The van der Waals surface area contributed by atoms with Crippen LogP contribution in [0.1, 0.15) is 28.8 Å². The first-order valence-electron chi connectivity index (χ1n) is 6.48. The molecule has 1 aromatic carbocycles. The first-order chi connectivity index (χ1) is 9.90. The Morgan fingerprint density at radius 3 is 2.57 bits per heavy atom. The summed E-state index contributed by atoms with van der Waals surface area (Å²) in [5.41, 5.74) is 0.396. The third-order valence-electron chi connectivity index (χ3n) is 3.33. The SMILES string of the molecule is NNc1c(C(=O)N(CCO)C2CC2)cccc1C(F)(F)F. The van der Waals surface area contributed by atoms with Crippen molar-refractivity contribution in [2.45, 2.75) is 25.1 Å². The Hall–Kier alpha value is -1.80. The van der Waals surface area contributed by atoms with Gasteiger partial charge in [0.1, 0.15) is 0 Å². The van der Waals surface area contributed by atoms with Gasteiger partial charge in [0.05, 0.1) is 23.4 Å². The minimum absolute atomic E-state index is 0.0233. The van der Waals surface area contributed by atoms with Crippen LogP contribution in [-0.4, -0.2) is 35.1 Å². The number of hydrogen-bond acceptors (Lipinski definition) is 4. The Labute approximate surface area is 119 Å². The van der Waals surface area contributed by atoms with Gasteiger partial charge in [-0.1, -0.05) is 6.07 Å². The van der Waals surface area contributed by atoms with E-state index in [2.05, 4.69) is 0 Å². The molecule has 1 amide bonds. The zero-order valence-electron chi connectivity index (χ0n) is 11.2. The molecule has 2 rings (SSSR count). The number of nitrogens with one attached hydrogen (secondary N) is 1.